The lowest BCUT2D eigenvalue weighted by Gasteiger charge is -2.40. The highest BCUT2D eigenvalue weighted by Crippen LogP contribution is 2.37. The minimum atomic E-state index is -0.634. The van der Waals surface area contributed by atoms with Crippen LogP contribution >= 0.6 is 0 Å². The van der Waals surface area contributed by atoms with E-state index in [-0.39, 0.29) is 11.8 Å². The second kappa shape index (κ2) is 8.35. The molecular weight excluding hydrogens is 340 g/mol. The molecule has 27 heavy (non-hydrogen) atoms. The van der Waals surface area contributed by atoms with Crippen LogP contribution in [-0.4, -0.2) is 36.9 Å². The predicted octanol–water partition coefficient (Wildman–Crippen LogP) is 3.35. The van der Waals surface area contributed by atoms with E-state index in [4.69, 9.17) is 4.74 Å². The minimum Gasteiger partial charge on any atom is -0.380 e. The van der Waals surface area contributed by atoms with Crippen LogP contribution in [0.2, 0.25) is 0 Å². The van der Waals surface area contributed by atoms with Gasteiger partial charge in [0.25, 0.3) is 0 Å². The monoisotopic (exact) mass is 366 g/mol. The zero-order chi connectivity index (χ0) is 19.3. The molecular formula is C22H26N2O3. The van der Waals surface area contributed by atoms with Crippen molar-refractivity contribution >= 4 is 17.5 Å². The van der Waals surface area contributed by atoms with Crippen molar-refractivity contribution in [2.75, 3.05) is 25.5 Å². The maximum atomic E-state index is 13.4. The highest BCUT2D eigenvalue weighted by Gasteiger charge is 2.43. The number of anilines is 1. The zero-order valence-electron chi connectivity index (χ0n) is 15.9. The summed E-state index contributed by atoms with van der Waals surface area (Å²) in [5.41, 5.74) is 2.14. The van der Waals surface area contributed by atoms with Crippen molar-refractivity contribution in [2.45, 2.75) is 31.8 Å². The number of amides is 2. The highest BCUT2D eigenvalue weighted by atomic mass is 16.5. The van der Waals surface area contributed by atoms with Crippen LogP contribution in [0.15, 0.2) is 54.6 Å². The van der Waals surface area contributed by atoms with Gasteiger partial charge in [0.15, 0.2) is 0 Å². The standard InChI is InChI=1S/C22H26N2O3/c1-17(25)24-13-11-22(12-14-24,19-8-4-3-5-9-19)21(26)23-20-10-6-7-18(15-20)16-27-2/h3-10,15H,11-14,16H2,1-2H3,(H,23,26). The Labute approximate surface area is 160 Å². The summed E-state index contributed by atoms with van der Waals surface area (Å²) in [4.78, 5) is 26.9. The van der Waals surface area contributed by atoms with Gasteiger partial charge in [0.05, 0.1) is 12.0 Å². The predicted molar refractivity (Wildman–Crippen MR) is 105 cm³/mol. The lowest BCUT2D eigenvalue weighted by atomic mass is 9.72. The van der Waals surface area contributed by atoms with Crippen molar-refractivity contribution in [3.05, 3.63) is 65.7 Å². The molecule has 2 aromatic carbocycles. The SMILES string of the molecule is COCc1cccc(NC(=O)C2(c3ccccc3)CCN(C(C)=O)CC2)c1. The van der Waals surface area contributed by atoms with E-state index in [1.54, 1.807) is 14.0 Å². The van der Waals surface area contributed by atoms with Gasteiger partial charge in [-0.15, -0.1) is 0 Å². The van der Waals surface area contributed by atoms with Crippen LogP contribution in [-0.2, 0) is 26.3 Å². The first-order valence-corrected chi connectivity index (χ1v) is 9.25. The number of rotatable bonds is 5. The van der Waals surface area contributed by atoms with Gasteiger partial charge in [-0.25, -0.2) is 0 Å². The molecule has 1 saturated heterocycles. The maximum absolute atomic E-state index is 13.4. The van der Waals surface area contributed by atoms with Crippen LogP contribution < -0.4 is 5.32 Å². The molecule has 0 radical (unpaired) electrons. The summed E-state index contributed by atoms with van der Waals surface area (Å²) in [6.07, 6.45) is 1.22. The van der Waals surface area contributed by atoms with E-state index >= 15 is 0 Å². The fourth-order valence-electron chi connectivity index (χ4n) is 3.76. The Morgan fingerprint density at radius 2 is 1.78 bits per heavy atom. The molecule has 1 heterocycles. The Bertz CT molecular complexity index is 796. The van der Waals surface area contributed by atoms with Crippen LogP contribution in [0.25, 0.3) is 0 Å². The third kappa shape index (κ3) is 4.19. The molecule has 0 bridgehead atoms. The second-order valence-electron chi connectivity index (χ2n) is 7.04. The van der Waals surface area contributed by atoms with E-state index in [2.05, 4.69) is 5.32 Å². The Balaban J connectivity index is 1.86. The van der Waals surface area contributed by atoms with Gasteiger partial charge in [0.2, 0.25) is 11.8 Å². The average Bonchev–Trinajstić information content (AvgIpc) is 2.69. The Kier molecular flexibility index (Phi) is 5.91. The molecule has 0 aromatic heterocycles. The van der Waals surface area contributed by atoms with Gasteiger partial charge in [-0.05, 0) is 36.1 Å². The first-order chi connectivity index (χ1) is 13.0. The van der Waals surface area contributed by atoms with Gasteiger partial charge in [-0.1, -0.05) is 42.5 Å². The number of hydrogen-bond acceptors (Lipinski definition) is 3. The second-order valence-corrected chi connectivity index (χ2v) is 7.04. The third-order valence-electron chi connectivity index (χ3n) is 5.32. The van der Waals surface area contributed by atoms with Crippen molar-refractivity contribution in [1.29, 1.82) is 0 Å². The van der Waals surface area contributed by atoms with Gasteiger partial charge in [0.1, 0.15) is 0 Å². The number of methoxy groups -OCH3 is 1. The Morgan fingerprint density at radius 3 is 2.41 bits per heavy atom. The zero-order valence-corrected chi connectivity index (χ0v) is 15.9. The lowest BCUT2D eigenvalue weighted by Crippen LogP contribution is -2.50. The number of nitrogens with one attached hydrogen (secondary N) is 1. The molecule has 0 aliphatic carbocycles. The number of carbonyl (C=O) groups is 2. The Morgan fingerprint density at radius 1 is 1.07 bits per heavy atom. The number of hydrogen-bond donors (Lipinski definition) is 1. The molecule has 0 unspecified atom stereocenters. The average molecular weight is 366 g/mol. The molecule has 2 aromatic rings. The van der Waals surface area contributed by atoms with Crippen molar-refractivity contribution in [3.63, 3.8) is 0 Å². The van der Waals surface area contributed by atoms with E-state index in [1.807, 2.05) is 59.5 Å². The molecule has 1 fully saturated rings. The number of carbonyl (C=O) groups excluding carboxylic acids is 2. The van der Waals surface area contributed by atoms with Crippen molar-refractivity contribution in [2.24, 2.45) is 0 Å². The van der Waals surface area contributed by atoms with Crippen molar-refractivity contribution < 1.29 is 14.3 Å². The number of nitrogens with zero attached hydrogens (tertiary/aromatic N) is 1. The lowest BCUT2D eigenvalue weighted by molar-refractivity contribution is -0.133. The highest BCUT2D eigenvalue weighted by molar-refractivity contribution is 5.99. The van der Waals surface area contributed by atoms with E-state index < -0.39 is 5.41 Å². The molecule has 142 valence electrons. The summed E-state index contributed by atoms with van der Waals surface area (Å²) in [7, 11) is 1.65. The normalized spacial score (nSPS) is 16.0. The van der Waals surface area contributed by atoms with Crippen LogP contribution in [0.4, 0.5) is 5.69 Å². The molecule has 1 aliphatic heterocycles. The molecule has 5 heteroatoms. The van der Waals surface area contributed by atoms with E-state index in [0.29, 0.717) is 32.5 Å². The van der Waals surface area contributed by atoms with Gasteiger partial charge in [-0.3, -0.25) is 9.59 Å². The van der Waals surface area contributed by atoms with Crippen molar-refractivity contribution in [1.82, 2.24) is 4.90 Å². The molecule has 0 atom stereocenters. The summed E-state index contributed by atoms with van der Waals surface area (Å²) in [5.74, 6) is 0.0378. The minimum absolute atomic E-state index is 0.0218. The topological polar surface area (TPSA) is 58.6 Å². The van der Waals surface area contributed by atoms with Gasteiger partial charge in [-0.2, -0.15) is 0 Å². The van der Waals surface area contributed by atoms with E-state index in [9.17, 15) is 9.59 Å². The molecule has 1 aliphatic rings. The molecule has 0 spiro atoms. The first-order valence-electron chi connectivity index (χ1n) is 9.25. The molecule has 3 rings (SSSR count). The maximum Gasteiger partial charge on any atom is 0.235 e. The quantitative estimate of drug-likeness (QED) is 0.883. The smallest absolute Gasteiger partial charge is 0.235 e. The molecule has 2 amide bonds. The fourth-order valence-corrected chi connectivity index (χ4v) is 3.76. The number of ether oxygens (including phenoxy) is 1. The number of likely N-dealkylation sites (tertiary alicyclic amines) is 1. The molecule has 0 saturated carbocycles. The number of piperidine rings is 1. The Hall–Kier alpha value is -2.66. The van der Waals surface area contributed by atoms with Crippen molar-refractivity contribution in [3.8, 4) is 0 Å². The fraction of sp³-hybridized carbons (Fsp3) is 0.364. The van der Waals surface area contributed by atoms with Crippen LogP contribution in [0.3, 0.4) is 0 Å². The van der Waals surface area contributed by atoms with E-state index in [1.165, 1.54) is 0 Å². The van der Waals surface area contributed by atoms with Crippen LogP contribution in [0.5, 0.6) is 0 Å². The largest absolute Gasteiger partial charge is 0.380 e. The summed E-state index contributed by atoms with van der Waals surface area (Å²) < 4.78 is 5.18. The third-order valence-corrected chi connectivity index (χ3v) is 5.32. The summed E-state index contributed by atoms with van der Waals surface area (Å²) >= 11 is 0. The summed E-state index contributed by atoms with van der Waals surface area (Å²) in [5, 5.41) is 3.10. The first kappa shape index (κ1) is 19.1. The molecule has 1 N–H and O–H groups in total. The summed E-state index contributed by atoms with van der Waals surface area (Å²) in [6.45, 7) is 3.25. The van der Waals surface area contributed by atoms with Crippen LogP contribution in [0.1, 0.15) is 30.9 Å². The molecule has 5 nitrogen and oxygen atoms in total. The van der Waals surface area contributed by atoms with E-state index in [0.717, 1.165) is 16.8 Å². The number of benzene rings is 2. The van der Waals surface area contributed by atoms with Gasteiger partial charge in [0, 0.05) is 32.8 Å². The van der Waals surface area contributed by atoms with Crippen LogP contribution in [0, 0.1) is 0 Å². The summed E-state index contributed by atoms with van der Waals surface area (Å²) in [6, 6.07) is 17.6. The van der Waals surface area contributed by atoms with Gasteiger partial charge < -0.3 is 15.0 Å². The van der Waals surface area contributed by atoms with Gasteiger partial charge >= 0.3 is 0 Å².